The normalized spacial score (nSPS) is 17.3. The molecule has 2 rings (SSSR count). The Morgan fingerprint density at radius 2 is 2.10 bits per heavy atom. The highest BCUT2D eigenvalue weighted by molar-refractivity contribution is 14.0. The van der Waals surface area contributed by atoms with Crippen molar-refractivity contribution in [3.05, 3.63) is 35.4 Å². The van der Waals surface area contributed by atoms with Gasteiger partial charge < -0.3 is 21.1 Å². The number of nitrogens with two attached hydrogens (primary N) is 1. The molecule has 1 aliphatic heterocycles. The summed E-state index contributed by atoms with van der Waals surface area (Å²) in [5, 5.41) is 6.64. The zero-order valence-corrected chi connectivity index (χ0v) is 20.7. The summed E-state index contributed by atoms with van der Waals surface area (Å²) in [4.78, 5) is 18.5. The summed E-state index contributed by atoms with van der Waals surface area (Å²) >= 11 is 0. The van der Waals surface area contributed by atoms with Crippen LogP contribution in [-0.4, -0.2) is 56.2 Å². The summed E-state index contributed by atoms with van der Waals surface area (Å²) in [6.07, 6.45) is 2.89. The van der Waals surface area contributed by atoms with Crippen LogP contribution in [0.15, 0.2) is 29.3 Å². The maximum absolute atomic E-state index is 11.5. The summed E-state index contributed by atoms with van der Waals surface area (Å²) in [6.45, 7) is 10.5. The summed E-state index contributed by atoms with van der Waals surface area (Å²) in [5.74, 6) is 0.630. The number of nitrogens with one attached hydrogen (secondary N) is 2. The van der Waals surface area contributed by atoms with Crippen LogP contribution in [0, 0.1) is 5.92 Å². The average Bonchev–Trinajstić information content (AvgIpc) is 2.72. The van der Waals surface area contributed by atoms with Crippen LogP contribution < -0.4 is 16.4 Å². The van der Waals surface area contributed by atoms with Gasteiger partial charge in [0.2, 0.25) is 5.91 Å². The maximum Gasteiger partial charge on any atom is 0.221 e. The van der Waals surface area contributed by atoms with Crippen LogP contribution in [0.4, 0.5) is 0 Å². The first kappa shape index (κ1) is 26.6. The number of aliphatic imine (C=N–C) groups is 1. The number of hydrogen-bond acceptors (Lipinski definition) is 4. The van der Waals surface area contributed by atoms with E-state index in [4.69, 9.17) is 15.5 Å². The van der Waals surface area contributed by atoms with Crippen LogP contribution in [0.3, 0.4) is 0 Å². The van der Waals surface area contributed by atoms with Crippen molar-refractivity contribution < 1.29 is 9.53 Å². The fourth-order valence-corrected chi connectivity index (χ4v) is 3.55. The van der Waals surface area contributed by atoms with Gasteiger partial charge in [0.05, 0.1) is 12.5 Å². The molecule has 4 N–H and O–H groups in total. The zero-order valence-electron chi connectivity index (χ0n) is 18.4. The number of carbonyl (C=O) groups excluding carboxylic acids is 1. The largest absolute Gasteiger partial charge is 0.382 e. The minimum Gasteiger partial charge on any atom is -0.382 e. The number of nitrogens with zero attached hydrogens (tertiary/aromatic N) is 2. The van der Waals surface area contributed by atoms with Gasteiger partial charge in [0.25, 0.3) is 0 Å². The lowest BCUT2D eigenvalue weighted by molar-refractivity contribution is -0.123. The maximum atomic E-state index is 11.5. The van der Waals surface area contributed by atoms with E-state index in [0.29, 0.717) is 6.54 Å². The Morgan fingerprint density at radius 3 is 2.83 bits per heavy atom. The van der Waals surface area contributed by atoms with Gasteiger partial charge in [0, 0.05) is 39.4 Å². The number of piperidine rings is 1. The summed E-state index contributed by atoms with van der Waals surface area (Å²) in [6, 6.07) is 8.53. The van der Waals surface area contributed by atoms with Gasteiger partial charge in [-0.3, -0.25) is 9.69 Å². The molecule has 0 aromatic heterocycles. The third-order valence-corrected chi connectivity index (χ3v) is 5.03. The summed E-state index contributed by atoms with van der Waals surface area (Å²) in [7, 11) is 0. The quantitative estimate of drug-likeness (QED) is 0.177. The molecular weight excluding hydrogens is 493 g/mol. The number of rotatable bonds is 11. The molecule has 170 valence electrons. The van der Waals surface area contributed by atoms with Crippen molar-refractivity contribution >= 4 is 35.8 Å². The van der Waals surface area contributed by atoms with Crippen LogP contribution in [0.25, 0.3) is 0 Å². The third-order valence-electron chi connectivity index (χ3n) is 5.03. The highest BCUT2D eigenvalue weighted by atomic mass is 127. The molecule has 30 heavy (non-hydrogen) atoms. The summed E-state index contributed by atoms with van der Waals surface area (Å²) < 4.78 is 5.37. The summed E-state index contributed by atoms with van der Waals surface area (Å²) in [5.41, 5.74) is 7.92. The van der Waals surface area contributed by atoms with Gasteiger partial charge in [-0.2, -0.15) is 0 Å². The number of carbonyl (C=O) groups is 1. The highest BCUT2D eigenvalue weighted by Gasteiger charge is 2.23. The molecule has 1 heterocycles. The number of likely N-dealkylation sites (tertiary alicyclic amines) is 1. The molecule has 1 unspecified atom stereocenters. The minimum absolute atomic E-state index is 0. The first-order chi connectivity index (χ1) is 14.1. The van der Waals surface area contributed by atoms with Gasteiger partial charge in [0.1, 0.15) is 0 Å². The number of ether oxygens (including phenoxy) is 1. The zero-order chi connectivity index (χ0) is 20.9. The predicted octanol–water partition coefficient (Wildman–Crippen LogP) is 2.48. The van der Waals surface area contributed by atoms with Crippen LogP contribution in [-0.2, 0) is 22.6 Å². The van der Waals surface area contributed by atoms with Crippen molar-refractivity contribution in [3.8, 4) is 0 Å². The first-order valence-corrected chi connectivity index (χ1v) is 10.8. The number of primary amides is 1. The van der Waals surface area contributed by atoms with Gasteiger partial charge in [-0.15, -0.1) is 24.0 Å². The van der Waals surface area contributed by atoms with E-state index in [0.717, 1.165) is 71.2 Å². The second-order valence-corrected chi connectivity index (χ2v) is 7.47. The Balaban J connectivity index is 0.00000450. The SMILES string of the molecule is CCNC(=NCc1cccc(CN2CCCC(C(N)=O)C2)c1)NCCCOCC.I. The lowest BCUT2D eigenvalue weighted by Gasteiger charge is -2.31. The molecule has 1 atom stereocenters. The molecule has 0 bridgehead atoms. The van der Waals surface area contributed by atoms with Crippen molar-refractivity contribution in [1.82, 2.24) is 15.5 Å². The number of amides is 1. The molecular formula is C22H38IN5O2. The van der Waals surface area contributed by atoms with Crippen molar-refractivity contribution in [2.75, 3.05) is 39.4 Å². The van der Waals surface area contributed by atoms with Crippen LogP contribution in [0.2, 0.25) is 0 Å². The molecule has 1 aliphatic rings. The molecule has 0 aliphatic carbocycles. The topological polar surface area (TPSA) is 92.0 Å². The van der Waals surface area contributed by atoms with Crippen LogP contribution >= 0.6 is 24.0 Å². The van der Waals surface area contributed by atoms with Crippen molar-refractivity contribution in [1.29, 1.82) is 0 Å². The Labute approximate surface area is 198 Å². The Hall–Kier alpha value is -1.39. The molecule has 7 nitrogen and oxygen atoms in total. The Morgan fingerprint density at radius 1 is 1.30 bits per heavy atom. The molecule has 1 aromatic rings. The fraction of sp³-hybridized carbons (Fsp3) is 0.636. The van der Waals surface area contributed by atoms with E-state index in [9.17, 15) is 4.79 Å². The molecule has 0 spiro atoms. The van der Waals surface area contributed by atoms with Gasteiger partial charge >= 0.3 is 0 Å². The van der Waals surface area contributed by atoms with E-state index < -0.39 is 0 Å². The number of halogens is 1. The van der Waals surface area contributed by atoms with Crippen molar-refractivity contribution in [3.63, 3.8) is 0 Å². The molecule has 8 heteroatoms. The number of guanidine groups is 1. The van der Waals surface area contributed by atoms with E-state index in [2.05, 4.69) is 46.7 Å². The lowest BCUT2D eigenvalue weighted by atomic mass is 9.97. The molecule has 1 saturated heterocycles. The van der Waals surface area contributed by atoms with Gasteiger partial charge in [0.15, 0.2) is 5.96 Å². The van der Waals surface area contributed by atoms with E-state index in [-0.39, 0.29) is 35.8 Å². The second-order valence-electron chi connectivity index (χ2n) is 7.47. The molecule has 1 amide bonds. The van der Waals surface area contributed by atoms with Crippen LogP contribution in [0.5, 0.6) is 0 Å². The minimum atomic E-state index is -0.178. The molecule has 1 fully saturated rings. The van der Waals surface area contributed by atoms with E-state index in [1.165, 1.54) is 11.1 Å². The van der Waals surface area contributed by atoms with E-state index in [1.807, 2.05) is 6.92 Å². The Bertz CT molecular complexity index is 656. The van der Waals surface area contributed by atoms with E-state index in [1.54, 1.807) is 0 Å². The fourth-order valence-electron chi connectivity index (χ4n) is 3.55. The average molecular weight is 531 g/mol. The number of hydrogen-bond donors (Lipinski definition) is 3. The number of benzene rings is 1. The van der Waals surface area contributed by atoms with Crippen LogP contribution in [0.1, 0.15) is 44.2 Å². The van der Waals surface area contributed by atoms with E-state index >= 15 is 0 Å². The standard InChI is InChI=1S/C22H37N5O2.HI/c1-3-24-22(25-11-7-13-29-4-2)26-15-18-8-5-9-19(14-18)16-27-12-6-10-20(17-27)21(23)28;/h5,8-9,14,20H,3-4,6-7,10-13,15-17H2,1-2H3,(H2,23,28)(H2,24,25,26);1H. The third kappa shape index (κ3) is 10.1. The Kier molecular flexibility index (Phi) is 13.7. The molecule has 0 radical (unpaired) electrons. The van der Waals surface area contributed by atoms with Gasteiger partial charge in [-0.1, -0.05) is 24.3 Å². The van der Waals surface area contributed by atoms with Gasteiger partial charge in [-0.25, -0.2) is 4.99 Å². The molecule has 1 aromatic carbocycles. The lowest BCUT2D eigenvalue weighted by Crippen LogP contribution is -2.40. The van der Waals surface area contributed by atoms with Crippen molar-refractivity contribution in [2.24, 2.45) is 16.6 Å². The molecule has 0 saturated carbocycles. The van der Waals surface area contributed by atoms with Gasteiger partial charge in [-0.05, 0) is 50.8 Å². The first-order valence-electron chi connectivity index (χ1n) is 10.8. The monoisotopic (exact) mass is 531 g/mol. The predicted molar refractivity (Wildman–Crippen MR) is 133 cm³/mol. The smallest absolute Gasteiger partial charge is 0.221 e. The second kappa shape index (κ2) is 15.4. The highest BCUT2D eigenvalue weighted by Crippen LogP contribution is 2.19. The van der Waals surface area contributed by atoms with Crippen molar-refractivity contribution in [2.45, 2.75) is 46.2 Å².